The van der Waals surface area contributed by atoms with Gasteiger partial charge < -0.3 is 5.32 Å². The Bertz CT molecular complexity index is 347. The summed E-state index contributed by atoms with van der Waals surface area (Å²) in [5.74, 6) is 0.538. The molecule has 1 heterocycles. The molecule has 1 atom stereocenters. The lowest BCUT2D eigenvalue weighted by Crippen LogP contribution is -2.22. The van der Waals surface area contributed by atoms with Crippen LogP contribution in [0.5, 0.6) is 0 Å². The molecule has 0 aliphatic carbocycles. The molecule has 0 aromatic carbocycles. The van der Waals surface area contributed by atoms with Crippen molar-refractivity contribution < 1.29 is 0 Å². The zero-order valence-electron chi connectivity index (χ0n) is 13.7. The lowest BCUT2D eigenvalue weighted by Gasteiger charge is -2.16. The van der Waals surface area contributed by atoms with Crippen LogP contribution in [0.3, 0.4) is 0 Å². The highest BCUT2D eigenvalue weighted by molar-refractivity contribution is 7.09. The lowest BCUT2D eigenvalue weighted by atomic mass is 10.1. The third kappa shape index (κ3) is 6.36. The van der Waals surface area contributed by atoms with Gasteiger partial charge in [-0.15, -0.1) is 11.3 Å². The minimum atomic E-state index is 0.467. The van der Waals surface area contributed by atoms with Gasteiger partial charge in [0.2, 0.25) is 0 Å². The van der Waals surface area contributed by atoms with Crippen molar-refractivity contribution in [3.8, 4) is 0 Å². The molecule has 0 aliphatic heterocycles. The van der Waals surface area contributed by atoms with Crippen molar-refractivity contribution >= 4 is 11.3 Å². The molecule has 0 fully saturated rings. The minimum Gasteiger partial charge on any atom is -0.308 e. The highest BCUT2D eigenvalue weighted by Gasteiger charge is 2.15. The van der Waals surface area contributed by atoms with Crippen LogP contribution in [0.25, 0.3) is 0 Å². The molecule has 0 saturated heterocycles. The van der Waals surface area contributed by atoms with Gasteiger partial charge in [-0.25, -0.2) is 4.98 Å². The third-order valence-corrected chi connectivity index (χ3v) is 4.64. The van der Waals surface area contributed by atoms with Gasteiger partial charge in [0.25, 0.3) is 0 Å². The molecule has 0 aliphatic rings. The van der Waals surface area contributed by atoms with Crippen LogP contribution in [0, 0.1) is 0 Å². The molecule has 20 heavy (non-hydrogen) atoms. The van der Waals surface area contributed by atoms with Crippen LogP contribution in [-0.2, 0) is 0 Å². The maximum Gasteiger partial charge on any atom is 0.110 e. The van der Waals surface area contributed by atoms with Crippen molar-refractivity contribution in [1.29, 1.82) is 0 Å². The summed E-state index contributed by atoms with van der Waals surface area (Å²) in [6.07, 6.45) is 9.18. The van der Waals surface area contributed by atoms with E-state index in [0.717, 1.165) is 6.54 Å². The zero-order chi connectivity index (χ0) is 14.8. The molecule has 1 aromatic rings. The Labute approximate surface area is 129 Å². The molecule has 1 aromatic heterocycles. The van der Waals surface area contributed by atoms with E-state index in [1.54, 1.807) is 0 Å². The molecule has 1 N–H and O–H groups in total. The molecule has 0 amide bonds. The predicted molar refractivity (Wildman–Crippen MR) is 90.6 cm³/mol. The summed E-state index contributed by atoms with van der Waals surface area (Å²) in [6, 6.07) is 0.467. The fraction of sp³-hybridized carbons (Fsp3) is 0.824. The van der Waals surface area contributed by atoms with Gasteiger partial charge in [-0.3, -0.25) is 0 Å². The summed E-state index contributed by atoms with van der Waals surface area (Å²) in [5, 5.41) is 7.20. The Hall–Kier alpha value is -0.410. The van der Waals surface area contributed by atoms with E-state index in [4.69, 9.17) is 4.98 Å². The van der Waals surface area contributed by atoms with Gasteiger partial charge in [-0.05, 0) is 25.3 Å². The zero-order valence-corrected chi connectivity index (χ0v) is 14.6. The Balaban J connectivity index is 2.49. The Kier molecular flexibility index (Phi) is 9.12. The highest BCUT2D eigenvalue weighted by atomic mass is 32.1. The number of rotatable bonds is 11. The van der Waals surface area contributed by atoms with Crippen LogP contribution >= 0.6 is 11.3 Å². The molecule has 116 valence electrons. The average molecular weight is 297 g/mol. The molecule has 1 rings (SSSR count). The van der Waals surface area contributed by atoms with Gasteiger partial charge in [0.1, 0.15) is 5.01 Å². The summed E-state index contributed by atoms with van der Waals surface area (Å²) >= 11 is 1.83. The minimum absolute atomic E-state index is 0.467. The van der Waals surface area contributed by atoms with Crippen LogP contribution in [0.4, 0.5) is 0 Å². The van der Waals surface area contributed by atoms with Gasteiger partial charge in [-0.2, -0.15) is 0 Å². The van der Waals surface area contributed by atoms with Crippen molar-refractivity contribution in [2.75, 3.05) is 6.54 Å². The van der Waals surface area contributed by atoms with Crippen molar-refractivity contribution in [3.63, 3.8) is 0 Å². The van der Waals surface area contributed by atoms with Crippen molar-refractivity contribution in [2.45, 2.75) is 84.6 Å². The van der Waals surface area contributed by atoms with Gasteiger partial charge >= 0.3 is 0 Å². The molecule has 0 bridgehead atoms. The monoisotopic (exact) mass is 296 g/mol. The maximum absolute atomic E-state index is 4.83. The summed E-state index contributed by atoms with van der Waals surface area (Å²) < 4.78 is 0. The summed E-state index contributed by atoms with van der Waals surface area (Å²) in [6.45, 7) is 10.0. The van der Waals surface area contributed by atoms with E-state index in [2.05, 4.69) is 38.4 Å². The fourth-order valence-electron chi connectivity index (χ4n) is 2.31. The topological polar surface area (TPSA) is 24.9 Å². The molecule has 2 nitrogen and oxygen atoms in total. The first-order chi connectivity index (χ1) is 9.69. The van der Waals surface area contributed by atoms with Crippen molar-refractivity contribution in [2.24, 2.45) is 0 Å². The van der Waals surface area contributed by atoms with Crippen LogP contribution in [-0.4, -0.2) is 11.5 Å². The van der Waals surface area contributed by atoms with Crippen LogP contribution < -0.4 is 5.32 Å². The van der Waals surface area contributed by atoms with E-state index in [0.29, 0.717) is 12.0 Å². The fourth-order valence-corrected chi connectivity index (χ4v) is 3.40. The van der Waals surface area contributed by atoms with E-state index in [-0.39, 0.29) is 0 Å². The molecule has 0 saturated carbocycles. The standard InChI is InChI=1S/C17H32N2S/c1-5-7-8-9-10-11-15(18-12-6-2)17-19-16(13-20-17)14(3)4/h13-15,18H,5-12H2,1-4H3. The normalized spacial score (nSPS) is 13.1. The van der Waals surface area contributed by atoms with Crippen LogP contribution in [0.1, 0.15) is 95.3 Å². The molecule has 0 spiro atoms. The first-order valence-electron chi connectivity index (χ1n) is 8.37. The summed E-state index contributed by atoms with van der Waals surface area (Å²) in [4.78, 5) is 4.83. The SMILES string of the molecule is CCCCCCCC(NCCC)c1nc(C(C)C)cs1. The number of aromatic nitrogens is 1. The first-order valence-corrected chi connectivity index (χ1v) is 9.25. The molecular formula is C17H32N2S. The van der Waals surface area contributed by atoms with Crippen molar-refractivity contribution in [1.82, 2.24) is 10.3 Å². The summed E-state index contributed by atoms with van der Waals surface area (Å²) in [7, 11) is 0. The highest BCUT2D eigenvalue weighted by Crippen LogP contribution is 2.26. The number of nitrogens with zero attached hydrogens (tertiary/aromatic N) is 1. The lowest BCUT2D eigenvalue weighted by molar-refractivity contribution is 0.465. The second-order valence-electron chi connectivity index (χ2n) is 5.97. The molecular weight excluding hydrogens is 264 g/mol. The quantitative estimate of drug-likeness (QED) is 0.532. The second kappa shape index (κ2) is 10.3. The average Bonchev–Trinajstić information content (AvgIpc) is 2.91. The van der Waals surface area contributed by atoms with Crippen LogP contribution in [0.15, 0.2) is 5.38 Å². The number of thiazole rings is 1. The Morgan fingerprint density at radius 3 is 2.45 bits per heavy atom. The number of nitrogens with one attached hydrogen (secondary N) is 1. The summed E-state index contributed by atoms with van der Waals surface area (Å²) in [5.41, 5.74) is 1.25. The smallest absolute Gasteiger partial charge is 0.110 e. The van der Waals surface area contributed by atoms with E-state index in [1.165, 1.54) is 55.6 Å². The largest absolute Gasteiger partial charge is 0.308 e. The van der Waals surface area contributed by atoms with Crippen molar-refractivity contribution in [3.05, 3.63) is 16.1 Å². The van der Waals surface area contributed by atoms with Gasteiger partial charge in [0.15, 0.2) is 0 Å². The maximum atomic E-state index is 4.83. The van der Waals surface area contributed by atoms with E-state index >= 15 is 0 Å². The van der Waals surface area contributed by atoms with E-state index in [9.17, 15) is 0 Å². The van der Waals surface area contributed by atoms with Gasteiger partial charge in [0, 0.05) is 5.38 Å². The Morgan fingerprint density at radius 1 is 1.10 bits per heavy atom. The second-order valence-corrected chi connectivity index (χ2v) is 6.86. The van der Waals surface area contributed by atoms with E-state index in [1.807, 2.05) is 11.3 Å². The van der Waals surface area contributed by atoms with E-state index < -0.39 is 0 Å². The Morgan fingerprint density at radius 2 is 1.85 bits per heavy atom. The first kappa shape index (κ1) is 17.6. The predicted octanol–water partition coefficient (Wildman–Crippen LogP) is 5.67. The van der Waals surface area contributed by atoms with Gasteiger partial charge in [-0.1, -0.05) is 59.8 Å². The third-order valence-electron chi connectivity index (χ3n) is 3.67. The number of unbranched alkanes of at least 4 members (excludes halogenated alkanes) is 4. The van der Waals surface area contributed by atoms with Gasteiger partial charge in [0.05, 0.1) is 11.7 Å². The molecule has 0 radical (unpaired) electrons. The number of hydrogen-bond donors (Lipinski definition) is 1. The molecule has 1 unspecified atom stereocenters. The van der Waals surface area contributed by atoms with Crippen LogP contribution in [0.2, 0.25) is 0 Å². The number of hydrogen-bond acceptors (Lipinski definition) is 3. The molecule has 3 heteroatoms.